The zero-order chi connectivity index (χ0) is 15.6. The lowest BCUT2D eigenvalue weighted by Crippen LogP contribution is -2.10. The van der Waals surface area contributed by atoms with Crippen molar-refractivity contribution in [3.63, 3.8) is 0 Å². The molecule has 0 bridgehead atoms. The van der Waals surface area contributed by atoms with E-state index in [0.717, 1.165) is 21.3 Å². The molecule has 0 aliphatic carbocycles. The normalized spacial score (nSPS) is 10.8. The van der Waals surface area contributed by atoms with Crippen LogP contribution in [0.5, 0.6) is 6.01 Å². The molecule has 1 N–H and O–H groups in total. The number of anilines is 2. The number of rotatable bonds is 4. The SMILES string of the molecule is Cc1cc(Br)cc(C)c1Nc1nc(Cl)nc(OC(C)C)n1. The molecule has 0 radical (unpaired) electrons. The summed E-state index contributed by atoms with van der Waals surface area (Å²) >= 11 is 9.39. The van der Waals surface area contributed by atoms with Crippen LogP contribution in [-0.2, 0) is 0 Å². The van der Waals surface area contributed by atoms with Gasteiger partial charge < -0.3 is 10.1 Å². The van der Waals surface area contributed by atoms with E-state index in [-0.39, 0.29) is 17.4 Å². The maximum Gasteiger partial charge on any atom is 0.322 e. The summed E-state index contributed by atoms with van der Waals surface area (Å²) in [4.78, 5) is 12.3. The number of hydrogen-bond donors (Lipinski definition) is 1. The van der Waals surface area contributed by atoms with Crippen molar-refractivity contribution >= 4 is 39.2 Å². The highest BCUT2D eigenvalue weighted by molar-refractivity contribution is 9.10. The number of benzene rings is 1. The zero-order valence-electron chi connectivity index (χ0n) is 12.2. The van der Waals surface area contributed by atoms with Gasteiger partial charge in [0.25, 0.3) is 0 Å². The van der Waals surface area contributed by atoms with Gasteiger partial charge in [-0.3, -0.25) is 0 Å². The van der Waals surface area contributed by atoms with Gasteiger partial charge in [-0.1, -0.05) is 15.9 Å². The Hall–Kier alpha value is -1.40. The predicted octanol–water partition coefficient (Wildman–Crippen LogP) is 4.44. The summed E-state index contributed by atoms with van der Waals surface area (Å²) in [6.45, 7) is 7.81. The van der Waals surface area contributed by atoms with Gasteiger partial charge in [0.1, 0.15) is 0 Å². The van der Waals surface area contributed by atoms with Gasteiger partial charge in [-0.2, -0.15) is 15.0 Å². The molecular formula is C14H16BrClN4O. The van der Waals surface area contributed by atoms with E-state index in [9.17, 15) is 0 Å². The fourth-order valence-corrected chi connectivity index (χ4v) is 2.71. The van der Waals surface area contributed by atoms with Crippen LogP contribution in [0.2, 0.25) is 5.28 Å². The molecule has 2 aromatic rings. The van der Waals surface area contributed by atoms with Crippen LogP contribution in [0.4, 0.5) is 11.6 Å². The first-order valence-electron chi connectivity index (χ1n) is 6.47. The van der Waals surface area contributed by atoms with Crippen molar-refractivity contribution < 1.29 is 4.74 Å². The Balaban J connectivity index is 2.33. The van der Waals surface area contributed by atoms with Crippen LogP contribution in [-0.4, -0.2) is 21.1 Å². The monoisotopic (exact) mass is 370 g/mol. The van der Waals surface area contributed by atoms with Crippen LogP contribution in [0, 0.1) is 13.8 Å². The summed E-state index contributed by atoms with van der Waals surface area (Å²) in [5, 5.41) is 3.27. The first kappa shape index (κ1) is 16.0. The van der Waals surface area contributed by atoms with Crippen molar-refractivity contribution in [2.24, 2.45) is 0 Å². The summed E-state index contributed by atoms with van der Waals surface area (Å²) in [5.74, 6) is 0.360. The number of halogens is 2. The highest BCUT2D eigenvalue weighted by Crippen LogP contribution is 2.27. The summed E-state index contributed by atoms with van der Waals surface area (Å²) in [5.41, 5.74) is 3.09. The molecule has 1 aromatic carbocycles. The lowest BCUT2D eigenvalue weighted by atomic mass is 10.1. The van der Waals surface area contributed by atoms with E-state index >= 15 is 0 Å². The van der Waals surface area contributed by atoms with Crippen LogP contribution < -0.4 is 10.1 Å². The largest absolute Gasteiger partial charge is 0.461 e. The Morgan fingerprint density at radius 1 is 1.14 bits per heavy atom. The Morgan fingerprint density at radius 3 is 2.33 bits per heavy atom. The summed E-state index contributed by atoms with van der Waals surface area (Å²) in [6, 6.07) is 4.24. The van der Waals surface area contributed by atoms with Gasteiger partial charge in [0.2, 0.25) is 11.2 Å². The third-order valence-corrected chi connectivity index (χ3v) is 3.29. The molecule has 2 rings (SSSR count). The minimum absolute atomic E-state index is 0.0348. The second-order valence-corrected chi connectivity index (χ2v) is 6.17. The topological polar surface area (TPSA) is 59.9 Å². The van der Waals surface area contributed by atoms with Gasteiger partial charge in [-0.25, -0.2) is 0 Å². The molecule has 0 spiro atoms. The molecule has 112 valence electrons. The maximum atomic E-state index is 5.91. The standard InChI is InChI=1S/C14H16BrClN4O/c1-7(2)21-14-19-12(16)18-13(20-14)17-11-8(3)5-10(15)6-9(11)4/h5-7H,1-4H3,(H,17,18,19,20). The van der Waals surface area contributed by atoms with Crippen molar-refractivity contribution in [3.8, 4) is 6.01 Å². The lowest BCUT2D eigenvalue weighted by molar-refractivity contribution is 0.222. The summed E-state index contributed by atoms with van der Waals surface area (Å²) < 4.78 is 6.49. The molecule has 1 aromatic heterocycles. The molecule has 0 fully saturated rings. The molecule has 7 heteroatoms. The second-order valence-electron chi connectivity index (χ2n) is 4.92. The first-order chi connectivity index (χ1) is 9.85. The van der Waals surface area contributed by atoms with Gasteiger partial charge in [-0.05, 0) is 62.6 Å². The third kappa shape index (κ3) is 4.28. The summed E-state index contributed by atoms with van der Waals surface area (Å²) in [7, 11) is 0. The fourth-order valence-electron chi connectivity index (χ4n) is 1.87. The van der Waals surface area contributed by atoms with Crippen LogP contribution in [0.15, 0.2) is 16.6 Å². The van der Waals surface area contributed by atoms with Crippen LogP contribution in [0.3, 0.4) is 0 Å². The first-order valence-corrected chi connectivity index (χ1v) is 7.64. The van der Waals surface area contributed by atoms with Crippen molar-refractivity contribution in [2.45, 2.75) is 33.8 Å². The van der Waals surface area contributed by atoms with E-state index in [2.05, 4.69) is 36.2 Å². The number of nitrogens with zero attached hydrogens (tertiary/aromatic N) is 3. The lowest BCUT2D eigenvalue weighted by Gasteiger charge is -2.13. The van der Waals surface area contributed by atoms with E-state index in [1.54, 1.807) is 0 Å². The quantitative estimate of drug-likeness (QED) is 0.861. The molecule has 0 atom stereocenters. The van der Waals surface area contributed by atoms with Gasteiger partial charge in [0, 0.05) is 10.2 Å². The Bertz CT molecular complexity index is 640. The molecule has 5 nitrogen and oxygen atoms in total. The highest BCUT2D eigenvalue weighted by Gasteiger charge is 2.11. The molecule has 1 heterocycles. The smallest absolute Gasteiger partial charge is 0.322 e. The molecule has 0 amide bonds. The van der Waals surface area contributed by atoms with Gasteiger partial charge >= 0.3 is 6.01 Å². The average Bonchev–Trinajstić information content (AvgIpc) is 2.32. The number of ether oxygens (including phenoxy) is 1. The van der Waals surface area contributed by atoms with E-state index in [0.29, 0.717) is 5.95 Å². The van der Waals surface area contributed by atoms with Crippen LogP contribution in [0.25, 0.3) is 0 Å². The fraction of sp³-hybridized carbons (Fsp3) is 0.357. The highest BCUT2D eigenvalue weighted by atomic mass is 79.9. The van der Waals surface area contributed by atoms with Gasteiger partial charge in [0.15, 0.2) is 0 Å². The molecule has 0 saturated carbocycles. The second kappa shape index (κ2) is 6.58. The zero-order valence-corrected chi connectivity index (χ0v) is 14.6. The van der Waals surface area contributed by atoms with Crippen molar-refractivity contribution in [2.75, 3.05) is 5.32 Å². The van der Waals surface area contributed by atoms with E-state index in [4.69, 9.17) is 16.3 Å². The summed E-state index contributed by atoms with van der Waals surface area (Å²) in [6.07, 6.45) is -0.0348. The minimum atomic E-state index is -0.0348. The van der Waals surface area contributed by atoms with Crippen LogP contribution >= 0.6 is 27.5 Å². The third-order valence-electron chi connectivity index (χ3n) is 2.66. The van der Waals surface area contributed by atoms with E-state index < -0.39 is 0 Å². The predicted molar refractivity (Wildman–Crippen MR) is 87.5 cm³/mol. The van der Waals surface area contributed by atoms with Gasteiger partial charge in [-0.15, -0.1) is 0 Å². The number of aryl methyl sites for hydroxylation is 2. The van der Waals surface area contributed by atoms with Gasteiger partial charge in [0.05, 0.1) is 6.10 Å². The Kier molecular flexibility index (Phi) is 5.00. The number of aromatic nitrogens is 3. The van der Waals surface area contributed by atoms with E-state index in [1.807, 2.05) is 39.8 Å². The minimum Gasteiger partial charge on any atom is -0.461 e. The molecular weight excluding hydrogens is 356 g/mol. The van der Waals surface area contributed by atoms with Crippen molar-refractivity contribution in [1.29, 1.82) is 0 Å². The molecule has 21 heavy (non-hydrogen) atoms. The molecule has 0 saturated heterocycles. The Morgan fingerprint density at radius 2 is 1.76 bits per heavy atom. The Labute approximate surface area is 137 Å². The molecule has 0 aliphatic heterocycles. The van der Waals surface area contributed by atoms with Crippen LogP contribution in [0.1, 0.15) is 25.0 Å². The van der Waals surface area contributed by atoms with E-state index in [1.165, 1.54) is 0 Å². The molecule has 0 unspecified atom stereocenters. The van der Waals surface area contributed by atoms with Crippen molar-refractivity contribution in [1.82, 2.24) is 15.0 Å². The maximum absolute atomic E-state index is 5.91. The number of hydrogen-bond acceptors (Lipinski definition) is 5. The number of nitrogens with one attached hydrogen (secondary N) is 1. The molecule has 0 aliphatic rings. The van der Waals surface area contributed by atoms with Crippen molar-refractivity contribution in [3.05, 3.63) is 33.0 Å². The average molecular weight is 372 g/mol.